The summed E-state index contributed by atoms with van der Waals surface area (Å²) in [7, 11) is 0. The van der Waals surface area contributed by atoms with Gasteiger partial charge in [0.1, 0.15) is 12.4 Å². The normalized spacial score (nSPS) is 10.9. The first-order chi connectivity index (χ1) is 12.9. The van der Waals surface area contributed by atoms with E-state index in [-0.39, 0.29) is 5.91 Å². The zero-order chi connectivity index (χ0) is 19.4. The smallest absolute Gasteiger partial charge is 0.265 e. The molecule has 0 bridgehead atoms. The summed E-state index contributed by atoms with van der Waals surface area (Å²) in [5, 5.41) is 5.46. The Labute approximate surface area is 169 Å². The van der Waals surface area contributed by atoms with Crippen LogP contribution in [-0.4, -0.2) is 5.91 Å². The van der Waals surface area contributed by atoms with Gasteiger partial charge in [0.25, 0.3) is 5.91 Å². The fraction of sp³-hybridized carbons (Fsp3) is 0.227. The van der Waals surface area contributed by atoms with Gasteiger partial charge >= 0.3 is 0 Å². The van der Waals surface area contributed by atoms with Gasteiger partial charge in [-0.3, -0.25) is 4.79 Å². The molecule has 3 nitrogen and oxygen atoms in total. The highest BCUT2D eigenvalue weighted by Crippen LogP contribution is 2.23. The summed E-state index contributed by atoms with van der Waals surface area (Å²) in [6.45, 7) is 6.69. The Hall–Kier alpha value is -2.30. The number of aryl methyl sites for hydroxylation is 1. The lowest BCUT2D eigenvalue weighted by molar-refractivity contribution is 0.103. The number of halogens is 1. The van der Waals surface area contributed by atoms with Gasteiger partial charge in [0.05, 0.1) is 4.88 Å². The minimum atomic E-state index is -0.146. The van der Waals surface area contributed by atoms with Gasteiger partial charge in [0, 0.05) is 16.3 Å². The van der Waals surface area contributed by atoms with Crippen LogP contribution in [0.15, 0.2) is 53.9 Å². The van der Waals surface area contributed by atoms with Crippen LogP contribution >= 0.6 is 22.9 Å². The van der Waals surface area contributed by atoms with Gasteiger partial charge < -0.3 is 10.1 Å². The Morgan fingerprint density at radius 1 is 1.15 bits per heavy atom. The number of hydrogen-bond acceptors (Lipinski definition) is 3. The highest BCUT2D eigenvalue weighted by Gasteiger charge is 2.11. The van der Waals surface area contributed by atoms with Crippen molar-refractivity contribution in [3.05, 3.63) is 80.5 Å². The van der Waals surface area contributed by atoms with Gasteiger partial charge in [0.15, 0.2) is 0 Å². The van der Waals surface area contributed by atoms with E-state index in [2.05, 4.69) is 31.3 Å². The molecule has 3 aromatic rings. The fourth-order valence-electron chi connectivity index (χ4n) is 2.55. The van der Waals surface area contributed by atoms with Gasteiger partial charge in [-0.2, -0.15) is 0 Å². The molecular formula is C22H22ClNO2S. The summed E-state index contributed by atoms with van der Waals surface area (Å²) in [5.41, 5.74) is 3.92. The zero-order valence-corrected chi connectivity index (χ0v) is 17.2. The predicted molar refractivity (Wildman–Crippen MR) is 113 cm³/mol. The minimum Gasteiger partial charge on any atom is -0.489 e. The molecule has 0 unspecified atom stereocenters. The average Bonchev–Trinajstić information content (AvgIpc) is 3.12. The Morgan fingerprint density at radius 3 is 2.56 bits per heavy atom. The molecular weight excluding hydrogens is 378 g/mol. The number of benzene rings is 2. The van der Waals surface area contributed by atoms with Crippen LogP contribution in [0.4, 0.5) is 5.69 Å². The van der Waals surface area contributed by atoms with E-state index < -0.39 is 0 Å². The predicted octanol–water partition coefficient (Wildman–Crippen LogP) is 6.66. The quantitative estimate of drug-likeness (QED) is 0.503. The molecule has 3 rings (SSSR count). The third kappa shape index (κ3) is 5.12. The Kier molecular flexibility index (Phi) is 6.19. The maximum atomic E-state index is 12.4. The summed E-state index contributed by atoms with van der Waals surface area (Å²) in [5.74, 6) is 1.18. The lowest BCUT2D eigenvalue weighted by Gasteiger charge is -2.08. The second kappa shape index (κ2) is 8.59. The van der Waals surface area contributed by atoms with E-state index in [1.54, 1.807) is 6.07 Å². The number of amides is 1. The first-order valence-electron chi connectivity index (χ1n) is 8.80. The highest BCUT2D eigenvalue weighted by atomic mass is 35.5. The Bertz CT molecular complexity index is 932. The first kappa shape index (κ1) is 19.5. The van der Waals surface area contributed by atoms with Crippen LogP contribution in [0, 0.1) is 6.92 Å². The van der Waals surface area contributed by atoms with Crippen molar-refractivity contribution in [2.75, 3.05) is 5.32 Å². The van der Waals surface area contributed by atoms with E-state index in [0.29, 0.717) is 28.1 Å². The van der Waals surface area contributed by atoms with E-state index >= 15 is 0 Å². The number of ether oxygens (including phenoxy) is 1. The Balaban J connectivity index is 1.58. The molecule has 2 aromatic carbocycles. The summed E-state index contributed by atoms with van der Waals surface area (Å²) >= 11 is 7.51. The van der Waals surface area contributed by atoms with E-state index in [9.17, 15) is 4.79 Å². The lowest BCUT2D eigenvalue weighted by Crippen LogP contribution is -2.10. The number of anilines is 1. The standard InChI is InChI=1S/C22H22ClNO2S/c1-14(2)17-5-8-19(9-6-17)26-12-16-10-21(27-13-16)22(25)24-18-7-4-15(3)20(23)11-18/h4-11,13-14H,12H2,1-3H3,(H,24,25). The average molecular weight is 400 g/mol. The molecule has 1 heterocycles. The second-order valence-electron chi connectivity index (χ2n) is 6.75. The van der Waals surface area contributed by atoms with Crippen molar-refractivity contribution < 1.29 is 9.53 Å². The lowest BCUT2D eigenvalue weighted by atomic mass is 10.0. The highest BCUT2D eigenvalue weighted by molar-refractivity contribution is 7.12. The largest absolute Gasteiger partial charge is 0.489 e. The molecule has 0 radical (unpaired) electrons. The van der Waals surface area contributed by atoms with Crippen LogP contribution in [0.3, 0.4) is 0 Å². The molecule has 1 N–H and O–H groups in total. The monoisotopic (exact) mass is 399 g/mol. The van der Waals surface area contributed by atoms with Gasteiger partial charge in [-0.05, 0) is 59.7 Å². The van der Waals surface area contributed by atoms with Crippen LogP contribution in [0.5, 0.6) is 5.75 Å². The van der Waals surface area contributed by atoms with Crippen molar-refractivity contribution in [3.63, 3.8) is 0 Å². The molecule has 0 aliphatic rings. The molecule has 1 amide bonds. The molecule has 1 aromatic heterocycles. The van der Waals surface area contributed by atoms with E-state index in [4.69, 9.17) is 16.3 Å². The summed E-state index contributed by atoms with van der Waals surface area (Å²) in [6.07, 6.45) is 0. The molecule has 0 atom stereocenters. The molecule has 0 saturated heterocycles. The molecule has 0 aliphatic carbocycles. The number of rotatable bonds is 6. The zero-order valence-electron chi connectivity index (χ0n) is 15.6. The van der Waals surface area contributed by atoms with Crippen LogP contribution in [0.2, 0.25) is 5.02 Å². The van der Waals surface area contributed by atoms with Crippen LogP contribution in [-0.2, 0) is 6.61 Å². The molecule has 0 fully saturated rings. The van der Waals surface area contributed by atoms with Crippen molar-refractivity contribution in [1.82, 2.24) is 0 Å². The van der Waals surface area contributed by atoms with Gasteiger partial charge in [-0.1, -0.05) is 43.6 Å². The number of carbonyl (C=O) groups excluding carboxylic acids is 1. The molecule has 0 saturated carbocycles. The van der Waals surface area contributed by atoms with Crippen molar-refractivity contribution in [2.45, 2.75) is 33.3 Å². The number of hydrogen-bond donors (Lipinski definition) is 1. The second-order valence-corrected chi connectivity index (χ2v) is 8.07. The summed E-state index contributed by atoms with van der Waals surface area (Å²) in [6, 6.07) is 15.5. The minimum absolute atomic E-state index is 0.146. The molecule has 0 spiro atoms. The third-order valence-corrected chi connectivity index (χ3v) is 5.64. The van der Waals surface area contributed by atoms with Gasteiger partial charge in [0.2, 0.25) is 0 Å². The van der Waals surface area contributed by atoms with E-state index in [1.165, 1.54) is 16.9 Å². The van der Waals surface area contributed by atoms with Crippen molar-refractivity contribution in [3.8, 4) is 5.75 Å². The molecule has 27 heavy (non-hydrogen) atoms. The topological polar surface area (TPSA) is 38.3 Å². The van der Waals surface area contributed by atoms with Crippen molar-refractivity contribution in [1.29, 1.82) is 0 Å². The Morgan fingerprint density at radius 2 is 1.89 bits per heavy atom. The number of carbonyl (C=O) groups is 1. The molecule has 140 valence electrons. The van der Waals surface area contributed by atoms with E-state index in [1.807, 2.05) is 42.6 Å². The molecule has 5 heteroatoms. The van der Waals surface area contributed by atoms with Crippen molar-refractivity contribution in [2.24, 2.45) is 0 Å². The van der Waals surface area contributed by atoms with Crippen LogP contribution in [0.1, 0.15) is 46.1 Å². The summed E-state index contributed by atoms with van der Waals surface area (Å²) in [4.78, 5) is 13.1. The number of thiophene rings is 1. The summed E-state index contributed by atoms with van der Waals surface area (Å²) < 4.78 is 5.82. The number of nitrogens with one attached hydrogen (secondary N) is 1. The van der Waals surface area contributed by atoms with E-state index in [0.717, 1.165) is 16.9 Å². The van der Waals surface area contributed by atoms with Crippen LogP contribution < -0.4 is 10.1 Å². The SMILES string of the molecule is Cc1ccc(NC(=O)c2cc(COc3ccc(C(C)C)cc3)cs2)cc1Cl. The maximum Gasteiger partial charge on any atom is 0.265 e. The first-order valence-corrected chi connectivity index (χ1v) is 10.1. The fourth-order valence-corrected chi connectivity index (χ4v) is 3.52. The van der Waals surface area contributed by atoms with Crippen molar-refractivity contribution >= 4 is 34.5 Å². The van der Waals surface area contributed by atoms with Gasteiger partial charge in [-0.15, -0.1) is 11.3 Å². The van der Waals surface area contributed by atoms with Gasteiger partial charge in [-0.25, -0.2) is 0 Å². The molecule has 0 aliphatic heterocycles. The maximum absolute atomic E-state index is 12.4. The third-order valence-electron chi connectivity index (χ3n) is 4.26. The van der Waals surface area contributed by atoms with Crippen LogP contribution in [0.25, 0.3) is 0 Å².